The molecular weight excluding hydrogens is 122 g/mol. The highest BCUT2D eigenvalue weighted by Gasteiger charge is 1.92. The zero-order valence-electron chi connectivity index (χ0n) is 6.39. The molecule has 1 heteroatoms. The van der Waals surface area contributed by atoms with Crippen molar-refractivity contribution in [3.63, 3.8) is 0 Å². The Labute approximate surface area is 61.9 Å². The quantitative estimate of drug-likeness (QED) is 0.446. The Kier molecular flexibility index (Phi) is 2.28. The van der Waals surface area contributed by atoms with Crippen LogP contribution in [-0.2, 0) is 0 Å². The summed E-state index contributed by atoms with van der Waals surface area (Å²) in [6.07, 6.45) is 3.87. The van der Waals surface area contributed by atoms with Gasteiger partial charge in [0.25, 0.3) is 0 Å². The van der Waals surface area contributed by atoms with Gasteiger partial charge < -0.3 is 0 Å². The molecule has 0 atom stereocenters. The van der Waals surface area contributed by atoms with E-state index in [0.717, 1.165) is 12.1 Å². The molecule has 0 fully saturated rings. The molecule has 1 rings (SSSR count). The first-order valence-corrected chi connectivity index (χ1v) is 3.50. The van der Waals surface area contributed by atoms with Crippen LogP contribution in [0.4, 0.5) is 0 Å². The average molecular weight is 133 g/mol. The van der Waals surface area contributed by atoms with E-state index < -0.39 is 0 Å². The third-order valence-corrected chi connectivity index (χ3v) is 1.15. The zero-order chi connectivity index (χ0) is 7.40. The molecular formula is C9H11N. The van der Waals surface area contributed by atoms with Gasteiger partial charge in [-0.05, 0) is 6.08 Å². The zero-order valence-corrected chi connectivity index (χ0v) is 6.39. The van der Waals surface area contributed by atoms with Gasteiger partial charge in [-0.2, -0.15) is 0 Å². The van der Waals surface area contributed by atoms with Gasteiger partial charge in [0.15, 0.2) is 0 Å². The summed E-state index contributed by atoms with van der Waals surface area (Å²) in [5, 5.41) is 0. The molecule has 0 aliphatic carbocycles. The highest BCUT2D eigenvalue weighted by Crippen LogP contribution is 1.97. The minimum absolute atomic E-state index is 0.454. The third-order valence-electron chi connectivity index (χ3n) is 1.15. The lowest BCUT2D eigenvalue weighted by molar-refractivity contribution is 0.867. The summed E-state index contributed by atoms with van der Waals surface area (Å²) >= 11 is 0. The molecule has 0 saturated carbocycles. The molecule has 0 aromatic carbocycles. The van der Waals surface area contributed by atoms with E-state index in [9.17, 15) is 0 Å². The molecule has 52 valence electrons. The van der Waals surface area contributed by atoms with E-state index in [4.69, 9.17) is 0 Å². The van der Waals surface area contributed by atoms with Crippen LogP contribution in [0, 0.1) is 17.8 Å². The first kappa shape index (κ1) is 7.08. The van der Waals surface area contributed by atoms with Gasteiger partial charge in [0.1, 0.15) is 0 Å². The monoisotopic (exact) mass is 133 g/mol. The molecule has 0 spiro atoms. The minimum atomic E-state index is 0.454. The Hall–Kier alpha value is -1.03. The summed E-state index contributed by atoms with van der Waals surface area (Å²) in [4.78, 5) is 4.02. The highest BCUT2D eigenvalue weighted by molar-refractivity contribution is 5.86. The van der Waals surface area contributed by atoms with E-state index in [-0.39, 0.29) is 0 Å². The summed E-state index contributed by atoms with van der Waals surface area (Å²) in [6, 6.07) is 0. The Morgan fingerprint density at radius 3 is 2.90 bits per heavy atom. The van der Waals surface area contributed by atoms with Gasteiger partial charge in [-0.1, -0.05) is 25.7 Å². The number of allylic oxidation sites excluding steroid dienone is 1. The number of hydrogen-bond donors (Lipinski definition) is 0. The highest BCUT2D eigenvalue weighted by atomic mass is 14.7. The minimum Gasteiger partial charge on any atom is -0.288 e. The Bertz CT molecular complexity index is 223. The van der Waals surface area contributed by atoms with Crippen molar-refractivity contribution in [1.29, 1.82) is 0 Å². The maximum absolute atomic E-state index is 4.02. The summed E-state index contributed by atoms with van der Waals surface area (Å²) in [5.41, 5.74) is 1.06. The van der Waals surface area contributed by atoms with Crippen LogP contribution in [0.5, 0.6) is 0 Å². The molecule has 0 radical (unpaired) electrons. The number of hydrogen-bond acceptors (Lipinski definition) is 1. The topological polar surface area (TPSA) is 12.4 Å². The molecule has 1 nitrogen and oxygen atoms in total. The van der Waals surface area contributed by atoms with Gasteiger partial charge in [0, 0.05) is 17.7 Å². The predicted molar refractivity (Wildman–Crippen MR) is 44.1 cm³/mol. The lowest BCUT2D eigenvalue weighted by atomic mass is 10.2. The van der Waals surface area contributed by atoms with Gasteiger partial charge in [-0.3, -0.25) is 4.99 Å². The summed E-state index contributed by atoms with van der Waals surface area (Å²) < 4.78 is 0. The Balaban J connectivity index is 2.55. The van der Waals surface area contributed by atoms with Crippen LogP contribution in [0.25, 0.3) is 0 Å². The molecule has 1 heterocycles. The fourth-order valence-corrected chi connectivity index (χ4v) is 0.666. The maximum Gasteiger partial charge on any atom is 0.0586 e. The lowest BCUT2D eigenvalue weighted by Gasteiger charge is -1.85. The smallest absolute Gasteiger partial charge is 0.0586 e. The van der Waals surface area contributed by atoms with Gasteiger partial charge >= 0.3 is 0 Å². The number of rotatable bonds is 0. The second kappa shape index (κ2) is 3.22. The maximum atomic E-state index is 4.02. The standard InChI is InChI=1S/C9H11N/c1-8(2)3-4-9-5-6-10-7-9/h5,7-8H,6H2,1-2H3. The Morgan fingerprint density at radius 1 is 1.60 bits per heavy atom. The third kappa shape index (κ3) is 2.06. The normalized spacial score (nSPS) is 14.9. The van der Waals surface area contributed by atoms with Crippen molar-refractivity contribution in [3.8, 4) is 11.8 Å². The second-order valence-electron chi connectivity index (χ2n) is 2.58. The summed E-state index contributed by atoms with van der Waals surface area (Å²) in [7, 11) is 0. The van der Waals surface area contributed by atoms with Crippen LogP contribution in [0.1, 0.15) is 13.8 Å². The van der Waals surface area contributed by atoms with E-state index >= 15 is 0 Å². The van der Waals surface area contributed by atoms with Crippen molar-refractivity contribution in [1.82, 2.24) is 0 Å². The van der Waals surface area contributed by atoms with E-state index in [1.807, 2.05) is 12.3 Å². The molecule has 0 amide bonds. The molecule has 0 aromatic rings. The molecule has 0 N–H and O–H groups in total. The van der Waals surface area contributed by atoms with Crippen molar-refractivity contribution < 1.29 is 0 Å². The number of aliphatic imine (C=N–C) groups is 1. The summed E-state index contributed by atoms with van der Waals surface area (Å²) in [6.45, 7) is 4.97. The van der Waals surface area contributed by atoms with Crippen molar-refractivity contribution in [3.05, 3.63) is 11.6 Å². The van der Waals surface area contributed by atoms with E-state index in [1.165, 1.54) is 0 Å². The lowest BCUT2D eigenvalue weighted by Crippen LogP contribution is -1.80. The van der Waals surface area contributed by atoms with Crippen LogP contribution in [0.2, 0.25) is 0 Å². The first-order valence-electron chi connectivity index (χ1n) is 3.50. The van der Waals surface area contributed by atoms with Crippen LogP contribution in [0.15, 0.2) is 16.6 Å². The molecule has 0 aromatic heterocycles. The average Bonchev–Trinajstić information content (AvgIpc) is 2.34. The largest absolute Gasteiger partial charge is 0.288 e. The van der Waals surface area contributed by atoms with E-state index in [2.05, 4.69) is 30.7 Å². The van der Waals surface area contributed by atoms with Gasteiger partial charge in [0.2, 0.25) is 0 Å². The van der Waals surface area contributed by atoms with E-state index in [1.54, 1.807) is 0 Å². The van der Waals surface area contributed by atoms with Crippen molar-refractivity contribution >= 4 is 6.21 Å². The molecule has 0 saturated heterocycles. The van der Waals surface area contributed by atoms with Gasteiger partial charge in [-0.15, -0.1) is 0 Å². The van der Waals surface area contributed by atoms with Crippen molar-refractivity contribution in [2.75, 3.05) is 6.54 Å². The fourth-order valence-electron chi connectivity index (χ4n) is 0.666. The van der Waals surface area contributed by atoms with Crippen LogP contribution in [0.3, 0.4) is 0 Å². The summed E-state index contributed by atoms with van der Waals surface area (Å²) in [5.74, 6) is 6.57. The first-order chi connectivity index (χ1) is 4.79. The second-order valence-corrected chi connectivity index (χ2v) is 2.58. The molecule has 1 aliphatic heterocycles. The molecule has 0 bridgehead atoms. The van der Waals surface area contributed by atoms with Gasteiger partial charge in [0.05, 0.1) is 6.54 Å². The Morgan fingerprint density at radius 2 is 2.40 bits per heavy atom. The van der Waals surface area contributed by atoms with E-state index in [0.29, 0.717) is 5.92 Å². The molecule has 0 unspecified atom stereocenters. The van der Waals surface area contributed by atoms with Crippen LogP contribution >= 0.6 is 0 Å². The predicted octanol–water partition coefficient (Wildman–Crippen LogP) is 1.66. The van der Waals surface area contributed by atoms with Crippen LogP contribution < -0.4 is 0 Å². The van der Waals surface area contributed by atoms with Crippen molar-refractivity contribution in [2.24, 2.45) is 10.9 Å². The SMILES string of the molecule is CC(C)C#CC1=CCN=C1. The molecule has 1 aliphatic rings. The van der Waals surface area contributed by atoms with Gasteiger partial charge in [-0.25, -0.2) is 0 Å². The molecule has 10 heavy (non-hydrogen) atoms. The fraction of sp³-hybridized carbons (Fsp3) is 0.444. The number of nitrogens with zero attached hydrogens (tertiary/aromatic N) is 1. The van der Waals surface area contributed by atoms with Crippen LogP contribution in [-0.4, -0.2) is 12.8 Å². The van der Waals surface area contributed by atoms with Crippen molar-refractivity contribution in [2.45, 2.75) is 13.8 Å².